The van der Waals surface area contributed by atoms with Crippen molar-refractivity contribution in [3.05, 3.63) is 41.2 Å². The van der Waals surface area contributed by atoms with Gasteiger partial charge in [0.1, 0.15) is 7.14 Å². The van der Waals surface area contributed by atoms with Gasteiger partial charge in [0.2, 0.25) is 0 Å². The lowest BCUT2D eigenvalue weighted by atomic mass is 10.1. The summed E-state index contributed by atoms with van der Waals surface area (Å²) >= 11 is 5.98. The van der Waals surface area contributed by atoms with Crippen LogP contribution in [-0.4, -0.2) is 44.3 Å². The third-order valence-corrected chi connectivity index (χ3v) is 10.7. The Bertz CT molecular complexity index is 1290. The number of carbonyl (C=O) groups excluding carboxylic acids is 1. The maximum absolute atomic E-state index is 14.0. The summed E-state index contributed by atoms with van der Waals surface area (Å²) in [5, 5.41) is 15.4. The van der Waals surface area contributed by atoms with Crippen molar-refractivity contribution in [3.8, 4) is 17.0 Å². The summed E-state index contributed by atoms with van der Waals surface area (Å²) in [5.74, 6) is -0.222. The Labute approximate surface area is 196 Å². The number of methoxy groups -OCH3 is 1. The van der Waals surface area contributed by atoms with Crippen molar-refractivity contribution >= 4 is 41.5 Å². The first kappa shape index (κ1) is 21.9. The highest BCUT2D eigenvalue weighted by molar-refractivity contribution is 7.73. The molecular weight excluding hydrogens is 463 g/mol. The van der Waals surface area contributed by atoms with Gasteiger partial charge in [-0.25, -0.2) is 0 Å². The van der Waals surface area contributed by atoms with Crippen LogP contribution in [0.1, 0.15) is 36.2 Å². The molecule has 0 aliphatic heterocycles. The van der Waals surface area contributed by atoms with Crippen LogP contribution in [0.3, 0.4) is 0 Å². The minimum atomic E-state index is -2.48. The van der Waals surface area contributed by atoms with Gasteiger partial charge in [-0.2, -0.15) is 5.10 Å². The molecule has 0 radical (unpaired) electrons. The van der Waals surface area contributed by atoms with Gasteiger partial charge in [-0.05, 0) is 43.9 Å². The largest absolute Gasteiger partial charge is 0.494 e. The first-order valence-corrected chi connectivity index (χ1v) is 13.0. The van der Waals surface area contributed by atoms with Crippen LogP contribution in [-0.2, 0) is 11.6 Å². The van der Waals surface area contributed by atoms with E-state index < -0.39 is 13.0 Å². The molecule has 3 N–H and O–H groups in total. The van der Waals surface area contributed by atoms with Crippen molar-refractivity contribution in [2.45, 2.75) is 37.0 Å². The maximum Gasteiger partial charge on any atom is 0.271 e. The van der Waals surface area contributed by atoms with E-state index in [0.29, 0.717) is 34.1 Å². The number of amides is 1. The van der Waals surface area contributed by atoms with Gasteiger partial charge >= 0.3 is 0 Å². The average molecular weight is 487 g/mol. The number of nitrogens with one attached hydrogen (secondary N) is 1. The predicted octanol–water partition coefficient (Wildman–Crippen LogP) is 3.69. The molecular formula is C22H24ClN6O3P. The number of nitrogens with zero attached hydrogens (tertiary/aromatic N) is 4. The number of aryl methyl sites for hydroxylation is 1. The number of carbonyl (C=O) groups is 1. The number of hydrogen-bond acceptors (Lipinski definition) is 7. The van der Waals surface area contributed by atoms with Crippen LogP contribution in [0.25, 0.3) is 11.3 Å². The fourth-order valence-electron chi connectivity index (χ4n) is 4.35. The molecule has 11 heteroatoms. The van der Waals surface area contributed by atoms with Crippen molar-refractivity contribution in [1.29, 1.82) is 0 Å². The Morgan fingerprint density at radius 2 is 1.88 bits per heavy atom. The monoisotopic (exact) mass is 486 g/mol. The summed E-state index contributed by atoms with van der Waals surface area (Å²) in [7, 11) is 0.930. The smallest absolute Gasteiger partial charge is 0.271 e. The zero-order valence-electron chi connectivity index (χ0n) is 18.3. The van der Waals surface area contributed by atoms with Gasteiger partial charge in [-0.1, -0.05) is 17.7 Å². The summed E-state index contributed by atoms with van der Waals surface area (Å²) in [6.45, 7) is 0. The van der Waals surface area contributed by atoms with Crippen molar-refractivity contribution in [2.75, 3.05) is 12.4 Å². The highest BCUT2D eigenvalue weighted by Gasteiger charge is 2.53. The van der Waals surface area contributed by atoms with Crippen molar-refractivity contribution in [3.63, 3.8) is 0 Å². The molecule has 33 heavy (non-hydrogen) atoms. The van der Waals surface area contributed by atoms with Crippen molar-refractivity contribution in [1.82, 2.24) is 20.0 Å². The molecule has 2 aliphatic rings. The minimum Gasteiger partial charge on any atom is -0.494 e. The zero-order valence-corrected chi connectivity index (χ0v) is 19.9. The number of rotatable bonds is 8. The number of anilines is 2. The van der Waals surface area contributed by atoms with Crippen LogP contribution in [0.5, 0.6) is 5.75 Å². The van der Waals surface area contributed by atoms with Gasteiger partial charge in [0.05, 0.1) is 29.6 Å². The van der Waals surface area contributed by atoms with Gasteiger partial charge in [-0.15, -0.1) is 10.2 Å². The summed E-state index contributed by atoms with van der Waals surface area (Å²) in [6.07, 6.45) is 4.12. The average Bonchev–Trinajstić information content (AvgIpc) is 3.69. The first-order valence-electron chi connectivity index (χ1n) is 10.7. The molecule has 2 fully saturated rings. The Morgan fingerprint density at radius 1 is 1.18 bits per heavy atom. The molecule has 3 aromatic rings. The Kier molecular flexibility index (Phi) is 5.41. The lowest BCUT2D eigenvalue weighted by molar-refractivity contribution is 0.0995. The van der Waals surface area contributed by atoms with E-state index in [0.717, 1.165) is 36.7 Å². The number of aromatic nitrogens is 4. The van der Waals surface area contributed by atoms with Gasteiger partial charge < -0.3 is 20.4 Å². The molecule has 0 unspecified atom stereocenters. The van der Waals surface area contributed by atoms with E-state index in [2.05, 4.69) is 15.5 Å². The minimum absolute atomic E-state index is 0.0400. The van der Waals surface area contributed by atoms with Gasteiger partial charge in [0.25, 0.3) is 5.91 Å². The molecule has 9 nitrogen and oxygen atoms in total. The summed E-state index contributed by atoms with van der Waals surface area (Å²) in [4.78, 5) is 11.8. The molecule has 1 amide bonds. The van der Waals surface area contributed by atoms with Crippen LogP contribution in [0.2, 0.25) is 5.15 Å². The lowest BCUT2D eigenvalue weighted by Gasteiger charge is -2.17. The molecule has 2 heterocycles. The van der Waals surface area contributed by atoms with Crippen LogP contribution < -0.4 is 21.2 Å². The van der Waals surface area contributed by atoms with E-state index in [4.69, 9.17) is 27.2 Å². The molecule has 2 aromatic heterocycles. The van der Waals surface area contributed by atoms with Crippen molar-refractivity contribution in [2.24, 2.45) is 12.8 Å². The SMILES string of the molecule is COc1c(Nc2cc(Cl)nnc2C(N)=O)cccc1-c1cc(P(=O)(C2CC2)C2CC2)n(C)n1. The quantitative estimate of drug-likeness (QED) is 0.465. The van der Waals surface area contributed by atoms with E-state index in [-0.39, 0.29) is 10.8 Å². The van der Waals surface area contributed by atoms with E-state index in [1.54, 1.807) is 17.9 Å². The maximum atomic E-state index is 14.0. The van der Waals surface area contributed by atoms with Crippen LogP contribution in [0.15, 0.2) is 30.3 Å². The van der Waals surface area contributed by atoms with Crippen LogP contribution in [0.4, 0.5) is 11.4 Å². The number of para-hydroxylation sites is 1. The normalized spacial score (nSPS) is 16.0. The summed E-state index contributed by atoms with van der Waals surface area (Å²) < 4.78 is 21.5. The molecule has 0 spiro atoms. The van der Waals surface area contributed by atoms with Crippen LogP contribution in [0, 0.1) is 0 Å². The summed E-state index contributed by atoms with van der Waals surface area (Å²) in [6, 6.07) is 8.95. The fourth-order valence-corrected chi connectivity index (χ4v) is 8.50. The predicted molar refractivity (Wildman–Crippen MR) is 127 cm³/mol. The second-order valence-corrected chi connectivity index (χ2v) is 12.2. The molecule has 2 saturated carbocycles. The lowest BCUT2D eigenvalue weighted by Crippen LogP contribution is -2.20. The third kappa shape index (κ3) is 3.89. The molecule has 5 rings (SSSR count). The number of nitrogens with two attached hydrogens (primary N) is 1. The number of halogens is 1. The molecule has 0 saturated heterocycles. The highest BCUT2D eigenvalue weighted by atomic mass is 35.5. The zero-order chi connectivity index (χ0) is 23.3. The van der Waals surface area contributed by atoms with Gasteiger partial charge in [0.15, 0.2) is 16.6 Å². The molecule has 172 valence electrons. The van der Waals surface area contributed by atoms with E-state index in [1.165, 1.54) is 6.07 Å². The van der Waals surface area contributed by atoms with E-state index >= 15 is 0 Å². The number of benzene rings is 1. The Hall–Kier alpha value is -2.90. The third-order valence-electron chi connectivity index (χ3n) is 6.15. The van der Waals surface area contributed by atoms with Crippen LogP contribution >= 0.6 is 18.7 Å². The van der Waals surface area contributed by atoms with E-state index in [9.17, 15) is 9.36 Å². The second-order valence-electron chi connectivity index (χ2n) is 8.49. The number of primary amides is 1. The fraction of sp³-hybridized carbons (Fsp3) is 0.364. The molecule has 0 bridgehead atoms. The number of hydrogen-bond donors (Lipinski definition) is 2. The Morgan fingerprint density at radius 3 is 2.48 bits per heavy atom. The first-order chi connectivity index (χ1) is 15.8. The van der Waals surface area contributed by atoms with Gasteiger partial charge in [-0.3, -0.25) is 9.48 Å². The summed E-state index contributed by atoms with van der Waals surface area (Å²) in [5.41, 5.74) is 9.10. The molecule has 2 aliphatic carbocycles. The van der Waals surface area contributed by atoms with Crippen molar-refractivity contribution < 1.29 is 14.1 Å². The Balaban J connectivity index is 1.56. The van der Waals surface area contributed by atoms with Gasteiger partial charge in [0, 0.05) is 30.0 Å². The highest BCUT2D eigenvalue weighted by Crippen LogP contribution is 2.69. The topological polar surface area (TPSA) is 125 Å². The standard InChI is InChI=1S/C22H24ClN6O3P/c1-29-19(33(31,12-6-7-12)13-8-9-13)11-16(28-29)14-4-3-5-15(21(14)32-2)25-17-10-18(23)26-27-20(17)22(24)30/h3-5,10-13H,6-9H2,1-2H3,(H2,24,30)(H,25,26). The molecule has 0 atom stereocenters. The molecule has 1 aromatic carbocycles. The number of ether oxygens (including phenoxy) is 1. The van der Waals surface area contributed by atoms with E-state index in [1.807, 2.05) is 25.2 Å². The second kappa shape index (κ2) is 8.15.